The summed E-state index contributed by atoms with van der Waals surface area (Å²) in [5, 5.41) is 12.3. The molecule has 0 fully saturated rings. The summed E-state index contributed by atoms with van der Waals surface area (Å²) in [5.41, 5.74) is 1.11. The summed E-state index contributed by atoms with van der Waals surface area (Å²) in [5.74, 6) is -1.23. The van der Waals surface area contributed by atoms with Gasteiger partial charge in [0.15, 0.2) is 0 Å². The summed E-state index contributed by atoms with van der Waals surface area (Å²) in [7, 11) is 0. The molecule has 0 aliphatic heterocycles. The van der Waals surface area contributed by atoms with E-state index in [0.29, 0.717) is 11.4 Å². The van der Waals surface area contributed by atoms with Crippen molar-refractivity contribution in [1.29, 1.82) is 0 Å². The van der Waals surface area contributed by atoms with Gasteiger partial charge in [-0.15, -0.1) is 0 Å². The van der Waals surface area contributed by atoms with Crippen LogP contribution in [0.1, 0.15) is 32.8 Å². The molecule has 2 N–H and O–H groups in total. The first-order valence-electron chi connectivity index (χ1n) is 7.06. The number of carboxylic acid groups (broad SMARTS) is 1. The highest BCUT2D eigenvalue weighted by molar-refractivity contribution is 6.30. The predicted molar refractivity (Wildman–Crippen MR) is 83.3 cm³/mol. The Bertz CT molecular complexity index is 485. The summed E-state index contributed by atoms with van der Waals surface area (Å²) >= 11 is 5.83. The van der Waals surface area contributed by atoms with Crippen LogP contribution in [0.15, 0.2) is 24.3 Å². The van der Waals surface area contributed by atoms with E-state index in [9.17, 15) is 9.59 Å². The van der Waals surface area contributed by atoms with Crippen LogP contribution in [-0.4, -0.2) is 23.0 Å². The average molecular weight is 312 g/mol. The van der Waals surface area contributed by atoms with Gasteiger partial charge in [-0.05, 0) is 36.0 Å². The molecule has 0 bridgehead atoms. The van der Waals surface area contributed by atoms with Crippen LogP contribution in [0.3, 0.4) is 0 Å². The van der Waals surface area contributed by atoms with Crippen LogP contribution in [0.5, 0.6) is 0 Å². The van der Waals surface area contributed by atoms with Crippen molar-refractivity contribution in [2.24, 2.45) is 11.8 Å². The second-order valence-electron chi connectivity index (χ2n) is 5.77. The molecule has 5 heteroatoms. The highest BCUT2D eigenvalue weighted by atomic mass is 35.5. The van der Waals surface area contributed by atoms with E-state index in [2.05, 4.69) is 5.32 Å². The maximum atomic E-state index is 11.9. The van der Waals surface area contributed by atoms with Crippen LogP contribution >= 0.6 is 11.6 Å². The van der Waals surface area contributed by atoms with Gasteiger partial charge in [0.1, 0.15) is 6.04 Å². The molecule has 0 radical (unpaired) electrons. The number of benzene rings is 1. The third-order valence-electron chi connectivity index (χ3n) is 3.28. The van der Waals surface area contributed by atoms with Crippen molar-refractivity contribution in [2.75, 3.05) is 0 Å². The first kappa shape index (κ1) is 17.5. The van der Waals surface area contributed by atoms with Gasteiger partial charge in [-0.25, -0.2) is 4.79 Å². The Kier molecular flexibility index (Phi) is 6.69. The van der Waals surface area contributed by atoms with Crippen molar-refractivity contribution in [2.45, 2.75) is 39.7 Å². The minimum atomic E-state index is -0.997. The number of carbonyl (C=O) groups is 2. The maximum absolute atomic E-state index is 11.9. The lowest BCUT2D eigenvalue weighted by Crippen LogP contribution is -2.44. The maximum Gasteiger partial charge on any atom is 0.326 e. The Morgan fingerprint density at radius 3 is 2.24 bits per heavy atom. The van der Waals surface area contributed by atoms with Crippen molar-refractivity contribution >= 4 is 23.5 Å². The van der Waals surface area contributed by atoms with Crippen molar-refractivity contribution < 1.29 is 14.7 Å². The normalized spacial score (nSPS) is 13.8. The molecule has 1 amide bonds. The number of aliphatic carboxylic acids is 1. The fourth-order valence-electron chi connectivity index (χ4n) is 2.16. The SMILES string of the molecule is CC(CC(=O)N[C@H](C(=O)O)C(C)C)Cc1ccc(Cl)cc1. The van der Waals surface area contributed by atoms with Crippen LogP contribution in [0, 0.1) is 11.8 Å². The summed E-state index contributed by atoms with van der Waals surface area (Å²) in [6.45, 7) is 5.52. The molecule has 2 atom stereocenters. The molecule has 0 aliphatic rings. The van der Waals surface area contributed by atoms with E-state index in [1.54, 1.807) is 13.8 Å². The van der Waals surface area contributed by atoms with Gasteiger partial charge in [0.2, 0.25) is 5.91 Å². The minimum Gasteiger partial charge on any atom is -0.480 e. The first-order chi connectivity index (χ1) is 9.79. The number of carboxylic acids is 1. The van der Waals surface area contributed by atoms with Gasteiger partial charge < -0.3 is 10.4 Å². The lowest BCUT2D eigenvalue weighted by atomic mass is 9.97. The first-order valence-corrected chi connectivity index (χ1v) is 7.44. The van der Waals surface area contributed by atoms with Gasteiger partial charge in [0.25, 0.3) is 0 Å². The van der Waals surface area contributed by atoms with E-state index in [-0.39, 0.29) is 17.7 Å². The summed E-state index contributed by atoms with van der Waals surface area (Å²) in [6, 6.07) is 6.68. The van der Waals surface area contributed by atoms with E-state index in [0.717, 1.165) is 12.0 Å². The largest absolute Gasteiger partial charge is 0.480 e. The number of hydrogen-bond acceptors (Lipinski definition) is 2. The third-order valence-corrected chi connectivity index (χ3v) is 3.53. The molecule has 0 aliphatic carbocycles. The zero-order valence-electron chi connectivity index (χ0n) is 12.6. The molecule has 0 spiro atoms. The topological polar surface area (TPSA) is 66.4 Å². The van der Waals surface area contributed by atoms with Gasteiger partial charge in [-0.1, -0.05) is 44.5 Å². The van der Waals surface area contributed by atoms with Crippen LogP contribution in [-0.2, 0) is 16.0 Å². The molecule has 0 saturated heterocycles. The van der Waals surface area contributed by atoms with E-state index >= 15 is 0 Å². The van der Waals surface area contributed by atoms with Gasteiger partial charge in [0.05, 0.1) is 0 Å². The Morgan fingerprint density at radius 2 is 1.76 bits per heavy atom. The van der Waals surface area contributed by atoms with Gasteiger partial charge in [-0.3, -0.25) is 4.79 Å². The highest BCUT2D eigenvalue weighted by Crippen LogP contribution is 2.15. The molecule has 1 unspecified atom stereocenters. The lowest BCUT2D eigenvalue weighted by molar-refractivity contribution is -0.143. The molecule has 4 nitrogen and oxygen atoms in total. The molecule has 0 aromatic heterocycles. The highest BCUT2D eigenvalue weighted by Gasteiger charge is 2.23. The Hall–Kier alpha value is -1.55. The molecule has 1 aromatic rings. The quantitative estimate of drug-likeness (QED) is 0.813. The van der Waals surface area contributed by atoms with Crippen molar-refractivity contribution in [1.82, 2.24) is 5.32 Å². The zero-order chi connectivity index (χ0) is 16.0. The van der Waals surface area contributed by atoms with Gasteiger partial charge >= 0.3 is 5.97 Å². The minimum absolute atomic E-state index is 0.132. The van der Waals surface area contributed by atoms with Gasteiger partial charge in [0, 0.05) is 11.4 Å². The summed E-state index contributed by atoms with van der Waals surface area (Å²) in [6.07, 6.45) is 1.06. The zero-order valence-corrected chi connectivity index (χ0v) is 13.4. The van der Waals surface area contributed by atoms with Gasteiger partial charge in [-0.2, -0.15) is 0 Å². The number of rotatable bonds is 7. The molecule has 0 heterocycles. The Labute approximate surface area is 130 Å². The Balaban J connectivity index is 2.50. The number of halogens is 1. The number of hydrogen-bond donors (Lipinski definition) is 2. The molecular formula is C16H22ClNO3. The number of carbonyl (C=O) groups excluding carboxylic acids is 1. The standard InChI is InChI=1S/C16H22ClNO3/c1-10(2)15(16(20)21)18-14(19)9-11(3)8-12-4-6-13(17)7-5-12/h4-7,10-11,15H,8-9H2,1-3H3,(H,18,19)(H,20,21)/t11?,15-/m0/s1. The fourth-order valence-corrected chi connectivity index (χ4v) is 2.28. The molecule has 116 valence electrons. The molecule has 1 rings (SSSR count). The van der Waals surface area contributed by atoms with E-state index < -0.39 is 12.0 Å². The monoisotopic (exact) mass is 311 g/mol. The van der Waals surface area contributed by atoms with Crippen LogP contribution < -0.4 is 5.32 Å². The summed E-state index contributed by atoms with van der Waals surface area (Å²) in [4.78, 5) is 23.0. The van der Waals surface area contributed by atoms with Crippen molar-refractivity contribution in [3.8, 4) is 0 Å². The smallest absolute Gasteiger partial charge is 0.326 e. The van der Waals surface area contributed by atoms with Crippen LogP contribution in [0.4, 0.5) is 0 Å². The fraction of sp³-hybridized carbons (Fsp3) is 0.500. The summed E-state index contributed by atoms with van der Waals surface area (Å²) < 4.78 is 0. The lowest BCUT2D eigenvalue weighted by Gasteiger charge is -2.19. The number of amides is 1. The molecular weight excluding hydrogens is 290 g/mol. The van der Waals surface area contributed by atoms with E-state index in [4.69, 9.17) is 16.7 Å². The van der Waals surface area contributed by atoms with E-state index in [1.165, 1.54) is 0 Å². The Morgan fingerprint density at radius 1 is 1.19 bits per heavy atom. The molecule has 0 saturated carbocycles. The molecule has 1 aromatic carbocycles. The van der Waals surface area contributed by atoms with E-state index in [1.807, 2.05) is 31.2 Å². The van der Waals surface area contributed by atoms with Crippen LogP contribution in [0.25, 0.3) is 0 Å². The second kappa shape index (κ2) is 8.03. The van der Waals surface area contributed by atoms with Crippen LogP contribution in [0.2, 0.25) is 5.02 Å². The second-order valence-corrected chi connectivity index (χ2v) is 6.20. The molecule has 21 heavy (non-hydrogen) atoms. The van der Waals surface area contributed by atoms with Crippen molar-refractivity contribution in [3.63, 3.8) is 0 Å². The predicted octanol–water partition coefficient (Wildman–Crippen LogP) is 3.13. The third kappa shape index (κ3) is 6.17. The number of nitrogens with one attached hydrogen (secondary N) is 1. The average Bonchev–Trinajstić information content (AvgIpc) is 2.38. The van der Waals surface area contributed by atoms with Crippen molar-refractivity contribution in [3.05, 3.63) is 34.9 Å².